The van der Waals surface area contributed by atoms with Gasteiger partial charge in [-0.15, -0.1) is 0 Å². The summed E-state index contributed by atoms with van der Waals surface area (Å²) in [5.74, 6) is 5.58. The Morgan fingerprint density at radius 3 is 2.40 bits per heavy atom. The molecular weight excluding hydrogens is 396 g/mol. The van der Waals surface area contributed by atoms with Crippen LogP contribution in [0.5, 0.6) is 0 Å². The molecule has 4 rings (SSSR count). The second-order valence-electron chi connectivity index (χ2n) is 8.77. The van der Waals surface area contributed by atoms with Gasteiger partial charge in [-0.1, -0.05) is 13.8 Å². The highest BCUT2D eigenvalue weighted by atomic mass is 32.1. The summed E-state index contributed by atoms with van der Waals surface area (Å²) in [7, 11) is 0. The molecule has 30 heavy (non-hydrogen) atoms. The van der Waals surface area contributed by atoms with Crippen LogP contribution < -0.4 is 20.4 Å². The van der Waals surface area contributed by atoms with Crippen molar-refractivity contribution in [3.63, 3.8) is 0 Å². The van der Waals surface area contributed by atoms with Crippen LogP contribution in [-0.4, -0.2) is 41.3 Å². The Labute approximate surface area is 184 Å². The molecule has 8 heteroatoms. The molecular formula is C22H32N6OS. The second-order valence-corrected chi connectivity index (χ2v) is 9.18. The van der Waals surface area contributed by atoms with E-state index in [0.717, 1.165) is 49.3 Å². The molecule has 162 valence electrons. The molecule has 0 aliphatic carbocycles. The molecule has 0 unspecified atom stereocenters. The number of aromatic nitrogens is 2. The van der Waals surface area contributed by atoms with Gasteiger partial charge < -0.3 is 24.9 Å². The van der Waals surface area contributed by atoms with Crippen molar-refractivity contribution >= 4 is 34.9 Å². The van der Waals surface area contributed by atoms with Crippen molar-refractivity contribution in [3.8, 4) is 0 Å². The Bertz CT molecular complexity index is 868. The highest BCUT2D eigenvalue weighted by Crippen LogP contribution is 2.29. The van der Waals surface area contributed by atoms with E-state index in [9.17, 15) is 0 Å². The molecule has 2 atom stereocenters. The van der Waals surface area contributed by atoms with Gasteiger partial charge in [-0.3, -0.25) is 0 Å². The zero-order valence-electron chi connectivity index (χ0n) is 18.1. The topological polar surface area (TPSA) is 69.5 Å². The minimum absolute atomic E-state index is 0.494. The standard InChI is InChI=1S/C22H32N6OS/c1-15-10-16(2)14-28(13-15)20-11-19(27-8-4-5-9-27)24-21(25-20)26-22(30)23-12-18-7-6-17(3)29-18/h6-7,11,15-16H,4-5,8-10,12-14H2,1-3H3,(H2,23,24,25,26,30)/t15-,16-/m0/s1. The lowest BCUT2D eigenvalue weighted by Gasteiger charge is -2.36. The minimum Gasteiger partial charge on any atom is -0.465 e. The summed E-state index contributed by atoms with van der Waals surface area (Å²) in [5, 5.41) is 6.86. The third kappa shape index (κ3) is 5.22. The van der Waals surface area contributed by atoms with Crippen LogP contribution in [0.15, 0.2) is 22.6 Å². The van der Waals surface area contributed by atoms with Gasteiger partial charge in [-0.25, -0.2) is 0 Å². The first-order valence-corrected chi connectivity index (χ1v) is 11.4. The van der Waals surface area contributed by atoms with E-state index in [1.54, 1.807) is 0 Å². The van der Waals surface area contributed by atoms with Crippen LogP contribution in [-0.2, 0) is 6.54 Å². The Morgan fingerprint density at radius 2 is 1.77 bits per heavy atom. The number of thiocarbonyl (C=S) groups is 1. The lowest BCUT2D eigenvalue weighted by atomic mass is 9.92. The van der Waals surface area contributed by atoms with E-state index in [-0.39, 0.29) is 0 Å². The van der Waals surface area contributed by atoms with Crippen LogP contribution in [0.4, 0.5) is 17.6 Å². The van der Waals surface area contributed by atoms with Crippen molar-refractivity contribution in [2.45, 2.75) is 46.6 Å². The molecule has 0 spiro atoms. The van der Waals surface area contributed by atoms with E-state index in [4.69, 9.17) is 26.6 Å². The van der Waals surface area contributed by atoms with Crippen molar-refractivity contribution < 1.29 is 4.42 Å². The van der Waals surface area contributed by atoms with Gasteiger partial charge in [0.15, 0.2) is 5.11 Å². The van der Waals surface area contributed by atoms with E-state index in [1.165, 1.54) is 19.3 Å². The van der Waals surface area contributed by atoms with Crippen molar-refractivity contribution in [1.82, 2.24) is 15.3 Å². The molecule has 4 heterocycles. The minimum atomic E-state index is 0.494. The zero-order valence-corrected chi connectivity index (χ0v) is 19.0. The van der Waals surface area contributed by atoms with Gasteiger partial charge >= 0.3 is 0 Å². The first kappa shape index (κ1) is 20.9. The predicted octanol–water partition coefficient (Wildman–Crippen LogP) is 3.95. The highest BCUT2D eigenvalue weighted by Gasteiger charge is 2.25. The van der Waals surface area contributed by atoms with E-state index in [2.05, 4.69) is 40.3 Å². The van der Waals surface area contributed by atoms with E-state index in [0.29, 0.717) is 29.4 Å². The maximum atomic E-state index is 5.59. The number of nitrogens with one attached hydrogen (secondary N) is 2. The molecule has 2 aliphatic heterocycles. The molecule has 0 radical (unpaired) electrons. The van der Waals surface area contributed by atoms with Crippen molar-refractivity contribution in [3.05, 3.63) is 29.7 Å². The van der Waals surface area contributed by atoms with Crippen LogP contribution in [0.3, 0.4) is 0 Å². The van der Waals surface area contributed by atoms with Crippen molar-refractivity contribution in [1.29, 1.82) is 0 Å². The maximum Gasteiger partial charge on any atom is 0.232 e. The maximum absolute atomic E-state index is 5.59. The number of rotatable bonds is 5. The van der Waals surface area contributed by atoms with Gasteiger partial charge in [0.2, 0.25) is 5.95 Å². The SMILES string of the molecule is Cc1ccc(CNC(=S)Nc2nc(N3CCCC3)cc(N3C[C@@H](C)C[C@H](C)C3)n2)o1. The summed E-state index contributed by atoms with van der Waals surface area (Å²) >= 11 is 5.49. The first-order valence-electron chi connectivity index (χ1n) is 11.0. The van der Waals surface area contributed by atoms with Crippen LogP contribution >= 0.6 is 12.2 Å². The molecule has 7 nitrogen and oxygen atoms in total. The fourth-order valence-electron chi connectivity index (χ4n) is 4.49. The van der Waals surface area contributed by atoms with E-state index >= 15 is 0 Å². The fourth-order valence-corrected chi connectivity index (χ4v) is 4.65. The van der Waals surface area contributed by atoms with Crippen molar-refractivity contribution in [2.75, 3.05) is 41.3 Å². The molecule has 0 amide bonds. The number of furan rings is 1. The van der Waals surface area contributed by atoms with Gasteiger partial charge in [0, 0.05) is 32.2 Å². The van der Waals surface area contributed by atoms with Crippen LogP contribution in [0.1, 0.15) is 44.6 Å². The van der Waals surface area contributed by atoms with Crippen LogP contribution in [0, 0.1) is 18.8 Å². The smallest absolute Gasteiger partial charge is 0.232 e. The van der Waals surface area contributed by atoms with Gasteiger partial charge in [0.25, 0.3) is 0 Å². The summed E-state index contributed by atoms with van der Waals surface area (Å²) in [6.45, 7) is 11.2. The summed E-state index contributed by atoms with van der Waals surface area (Å²) in [5.41, 5.74) is 0. The molecule has 2 saturated heterocycles. The average molecular weight is 429 g/mol. The zero-order chi connectivity index (χ0) is 21.1. The third-order valence-electron chi connectivity index (χ3n) is 5.77. The largest absolute Gasteiger partial charge is 0.465 e. The molecule has 2 fully saturated rings. The number of hydrogen-bond donors (Lipinski definition) is 2. The summed E-state index contributed by atoms with van der Waals surface area (Å²) in [6.07, 6.45) is 3.69. The quantitative estimate of drug-likeness (QED) is 0.694. The lowest BCUT2D eigenvalue weighted by Crippen LogP contribution is -2.39. The summed E-state index contributed by atoms with van der Waals surface area (Å²) in [6, 6.07) is 6.04. The van der Waals surface area contributed by atoms with E-state index in [1.807, 2.05) is 19.1 Å². The molecule has 2 N–H and O–H groups in total. The number of hydrogen-bond acceptors (Lipinski definition) is 6. The molecule has 0 saturated carbocycles. The summed E-state index contributed by atoms with van der Waals surface area (Å²) < 4.78 is 5.59. The second kappa shape index (κ2) is 9.20. The van der Waals surface area contributed by atoms with Gasteiger partial charge in [0.05, 0.1) is 6.54 Å². The molecule has 2 aromatic rings. The van der Waals surface area contributed by atoms with E-state index < -0.39 is 0 Å². The number of nitrogens with zero attached hydrogens (tertiary/aromatic N) is 4. The number of aryl methyl sites for hydroxylation is 1. The van der Waals surface area contributed by atoms with Crippen LogP contribution in [0.25, 0.3) is 0 Å². The summed E-state index contributed by atoms with van der Waals surface area (Å²) in [4.78, 5) is 14.3. The van der Waals surface area contributed by atoms with Gasteiger partial charge in [-0.05, 0) is 62.4 Å². The Kier molecular flexibility index (Phi) is 6.41. The van der Waals surface area contributed by atoms with Gasteiger partial charge in [0.1, 0.15) is 23.2 Å². The molecule has 0 aromatic carbocycles. The van der Waals surface area contributed by atoms with Crippen LogP contribution in [0.2, 0.25) is 0 Å². The number of anilines is 3. The number of piperidine rings is 1. The third-order valence-corrected chi connectivity index (χ3v) is 6.01. The first-order chi connectivity index (χ1) is 14.5. The molecule has 2 aliphatic rings. The molecule has 0 bridgehead atoms. The predicted molar refractivity (Wildman–Crippen MR) is 125 cm³/mol. The fraction of sp³-hybridized carbons (Fsp3) is 0.591. The van der Waals surface area contributed by atoms with Gasteiger partial charge in [-0.2, -0.15) is 9.97 Å². The monoisotopic (exact) mass is 428 g/mol. The Hall–Kier alpha value is -2.35. The normalized spacial score (nSPS) is 21.7. The average Bonchev–Trinajstić information content (AvgIpc) is 3.37. The lowest BCUT2D eigenvalue weighted by molar-refractivity contribution is 0.355. The highest BCUT2D eigenvalue weighted by molar-refractivity contribution is 7.80. The van der Waals surface area contributed by atoms with Crippen molar-refractivity contribution in [2.24, 2.45) is 11.8 Å². The Balaban J connectivity index is 1.50. The molecule has 2 aromatic heterocycles. The Morgan fingerprint density at radius 1 is 1.10 bits per heavy atom.